The third-order valence-electron chi connectivity index (χ3n) is 3.05. The van der Waals surface area contributed by atoms with Crippen LogP contribution < -0.4 is 4.72 Å². The van der Waals surface area contributed by atoms with Crippen molar-refractivity contribution in [2.24, 2.45) is 7.05 Å². The summed E-state index contributed by atoms with van der Waals surface area (Å²) < 4.78 is 34.0. The molecule has 102 valence electrons. The van der Waals surface area contributed by atoms with Crippen molar-refractivity contribution < 1.29 is 13.2 Å². The zero-order valence-corrected chi connectivity index (χ0v) is 12.5. The van der Waals surface area contributed by atoms with E-state index in [0.29, 0.717) is 31.4 Å². The van der Waals surface area contributed by atoms with Gasteiger partial charge in [0.25, 0.3) is 0 Å². The van der Waals surface area contributed by atoms with Gasteiger partial charge in [-0.05, 0) is 12.8 Å². The third kappa shape index (κ3) is 2.93. The van der Waals surface area contributed by atoms with Gasteiger partial charge in [0.2, 0.25) is 10.0 Å². The zero-order chi connectivity index (χ0) is 13.2. The van der Waals surface area contributed by atoms with E-state index in [0.717, 1.165) is 0 Å². The minimum absolute atomic E-state index is 0.191. The second-order valence-electron chi connectivity index (χ2n) is 4.48. The van der Waals surface area contributed by atoms with Crippen molar-refractivity contribution in [2.45, 2.75) is 23.3 Å². The van der Waals surface area contributed by atoms with E-state index in [1.54, 1.807) is 7.05 Å². The number of alkyl halides is 1. The van der Waals surface area contributed by atoms with Gasteiger partial charge in [-0.25, -0.2) is 13.1 Å². The molecule has 18 heavy (non-hydrogen) atoms. The molecule has 2 rings (SSSR count). The molecular weight excluding hydrogens is 322 g/mol. The maximum atomic E-state index is 12.3. The Hall–Kier alpha value is -0.440. The number of aromatic nitrogens is 2. The quantitative estimate of drug-likeness (QED) is 0.818. The van der Waals surface area contributed by atoms with Crippen LogP contribution in [0.15, 0.2) is 17.3 Å². The van der Waals surface area contributed by atoms with Gasteiger partial charge in [-0.3, -0.25) is 4.68 Å². The molecule has 0 amide bonds. The van der Waals surface area contributed by atoms with Crippen LogP contribution in [0.25, 0.3) is 0 Å². The molecule has 1 fully saturated rings. The zero-order valence-electron chi connectivity index (χ0n) is 10.1. The van der Waals surface area contributed by atoms with E-state index in [2.05, 4.69) is 25.8 Å². The number of halogens is 1. The molecule has 1 saturated heterocycles. The van der Waals surface area contributed by atoms with Crippen molar-refractivity contribution in [3.63, 3.8) is 0 Å². The molecule has 0 saturated carbocycles. The molecule has 1 aliphatic heterocycles. The number of ether oxygens (including phenoxy) is 1. The van der Waals surface area contributed by atoms with Gasteiger partial charge in [0.15, 0.2) is 0 Å². The van der Waals surface area contributed by atoms with Crippen molar-refractivity contribution in [2.75, 3.05) is 18.5 Å². The average Bonchev–Trinajstić information content (AvgIpc) is 2.77. The summed E-state index contributed by atoms with van der Waals surface area (Å²) in [6, 6.07) is 0. The molecule has 6 nitrogen and oxygen atoms in total. The molecule has 1 N–H and O–H groups in total. The van der Waals surface area contributed by atoms with Crippen LogP contribution in [-0.2, 0) is 21.8 Å². The van der Waals surface area contributed by atoms with Crippen molar-refractivity contribution >= 4 is 26.0 Å². The Balaban J connectivity index is 2.21. The lowest BCUT2D eigenvalue weighted by Gasteiger charge is -2.35. The van der Waals surface area contributed by atoms with Crippen molar-refractivity contribution in [3.8, 4) is 0 Å². The summed E-state index contributed by atoms with van der Waals surface area (Å²) in [5.41, 5.74) is -0.465. The Bertz CT molecular complexity index is 508. The normalized spacial score (nSPS) is 19.9. The molecule has 0 atom stereocenters. The number of nitrogens with one attached hydrogen (secondary N) is 1. The Morgan fingerprint density at radius 2 is 2.22 bits per heavy atom. The van der Waals surface area contributed by atoms with E-state index in [9.17, 15) is 8.42 Å². The van der Waals surface area contributed by atoms with Crippen LogP contribution in [-0.4, -0.2) is 42.3 Å². The van der Waals surface area contributed by atoms with Crippen LogP contribution in [0.5, 0.6) is 0 Å². The first-order chi connectivity index (χ1) is 8.47. The maximum absolute atomic E-state index is 12.3. The number of rotatable bonds is 4. The molecule has 1 aromatic heterocycles. The molecule has 0 spiro atoms. The van der Waals surface area contributed by atoms with Gasteiger partial charge in [-0.1, -0.05) is 15.9 Å². The van der Waals surface area contributed by atoms with Crippen LogP contribution in [0.4, 0.5) is 0 Å². The molecule has 0 radical (unpaired) electrons. The number of sulfonamides is 1. The standard InChI is InChI=1S/C10H16BrN3O3S/c1-14-7-9(6-12-14)18(15,16)13-10(8-11)2-4-17-5-3-10/h6-7,13H,2-5,8H2,1H3. The topological polar surface area (TPSA) is 73.2 Å². The molecule has 0 aliphatic carbocycles. The van der Waals surface area contributed by atoms with E-state index >= 15 is 0 Å². The molecule has 8 heteroatoms. The SMILES string of the molecule is Cn1cc(S(=O)(=O)NC2(CBr)CCOCC2)cn1. The van der Waals surface area contributed by atoms with Crippen LogP contribution in [0.2, 0.25) is 0 Å². The predicted octanol–water partition coefficient (Wildman–Crippen LogP) is 0.643. The summed E-state index contributed by atoms with van der Waals surface area (Å²) in [5, 5.41) is 4.46. The monoisotopic (exact) mass is 337 g/mol. The highest BCUT2D eigenvalue weighted by Crippen LogP contribution is 2.25. The summed E-state index contributed by atoms with van der Waals surface area (Å²) in [6.45, 7) is 1.14. The molecule has 0 aromatic carbocycles. The summed E-state index contributed by atoms with van der Waals surface area (Å²) in [6.07, 6.45) is 4.17. The van der Waals surface area contributed by atoms with Gasteiger partial charge < -0.3 is 4.74 Å². The van der Waals surface area contributed by atoms with Crippen molar-refractivity contribution in [1.82, 2.24) is 14.5 Å². The van der Waals surface area contributed by atoms with E-state index < -0.39 is 15.6 Å². The summed E-state index contributed by atoms with van der Waals surface area (Å²) in [4.78, 5) is 0.191. The molecule has 1 aliphatic rings. The van der Waals surface area contributed by atoms with Crippen molar-refractivity contribution in [1.29, 1.82) is 0 Å². The van der Waals surface area contributed by atoms with Gasteiger partial charge in [-0.15, -0.1) is 0 Å². The first kappa shape index (κ1) is 14.0. The fourth-order valence-corrected chi connectivity index (χ4v) is 4.23. The molecule has 0 bridgehead atoms. The number of nitrogens with zero attached hydrogens (tertiary/aromatic N) is 2. The van der Waals surface area contributed by atoms with Gasteiger partial charge in [0.05, 0.1) is 6.20 Å². The second kappa shape index (κ2) is 5.28. The Kier molecular flexibility index (Phi) is 4.10. The molecular formula is C10H16BrN3O3S. The predicted molar refractivity (Wildman–Crippen MR) is 70.1 cm³/mol. The lowest BCUT2D eigenvalue weighted by atomic mass is 9.94. The molecule has 0 unspecified atom stereocenters. The number of hydrogen-bond donors (Lipinski definition) is 1. The largest absolute Gasteiger partial charge is 0.381 e. The fourth-order valence-electron chi connectivity index (χ4n) is 1.91. The van der Waals surface area contributed by atoms with Gasteiger partial charge >= 0.3 is 0 Å². The average molecular weight is 338 g/mol. The Morgan fingerprint density at radius 3 is 2.72 bits per heavy atom. The van der Waals surface area contributed by atoms with Crippen LogP contribution in [0, 0.1) is 0 Å². The highest BCUT2D eigenvalue weighted by atomic mass is 79.9. The molecule has 1 aromatic rings. The smallest absolute Gasteiger partial charge is 0.244 e. The van der Waals surface area contributed by atoms with Crippen molar-refractivity contribution in [3.05, 3.63) is 12.4 Å². The minimum atomic E-state index is -3.53. The highest BCUT2D eigenvalue weighted by Gasteiger charge is 2.36. The lowest BCUT2D eigenvalue weighted by Crippen LogP contribution is -2.53. The van der Waals surface area contributed by atoms with Crippen LogP contribution in [0.3, 0.4) is 0 Å². The van der Waals surface area contributed by atoms with E-state index in [-0.39, 0.29) is 4.90 Å². The number of hydrogen-bond acceptors (Lipinski definition) is 4. The van der Waals surface area contributed by atoms with Gasteiger partial charge in [0, 0.05) is 37.3 Å². The Morgan fingerprint density at radius 1 is 1.56 bits per heavy atom. The first-order valence-corrected chi connectivity index (χ1v) is 8.24. The summed E-state index contributed by atoms with van der Waals surface area (Å²) in [5.74, 6) is 0. The number of aryl methyl sites for hydroxylation is 1. The first-order valence-electron chi connectivity index (χ1n) is 5.64. The second-order valence-corrected chi connectivity index (χ2v) is 6.72. The van der Waals surface area contributed by atoms with Crippen LogP contribution >= 0.6 is 15.9 Å². The van der Waals surface area contributed by atoms with Gasteiger partial charge in [-0.2, -0.15) is 5.10 Å². The molecule has 2 heterocycles. The van der Waals surface area contributed by atoms with E-state index in [1.807, 2.05) is 0 Å². The van der Waals surface area contributed by atoms with Gasteiger partial charge in [0.1, 0.15) is 4.90 Å². The summed E-state index contributed by atoms with van der Waals surface area (Å²) >= 11 is 3.40. The maximum Gasteiger partial charge on any atom is 0.244 e. The highest BCUT2D eigenvalue weighted by molar-refractivity contribution is 9.09. The van der Waals surface area contributed by atoms with E-state index in [4.69, 9.17) is 4.74 Å². The summed E-state index contributed by atoms with van der Waals surface area (Å²) in [7, 11) is -1.84. The van der Waals surface area contributed by atoms with E-state index in [1.165, 1.54) is 17.1 Å². The lowest BCUT2D eigenvalue weighted by molar-refractivity contribution is 0.0557. The van der Waals surface area contributed by atoms with Crippen LogP contribution in [0.1, 0.15) is 12.8 Å². The Labute approximate surface area is 115 Å². The fraction of sp³-hybridized carbons (Fsp3) is 0.700. The minimum Gasteiger partial charge on any atom is -0.381 e. The third-order valence-corrected chi connectivity index (χ3v) is 5.65.